The second kappa shape index (κ2) is 37.4. The predicted molar refractivity (Wildman–Crippen MR) is 204 cm³/mol. The monoisotopic (exact) mass is 662 g/mol. The van der Waals surface area contributed by atoms with Gasteiger partial charge >= 0.3 is 0 Å². The molecule has 0 aromatic carbocycles. The molecular weight excluding hydrogens is 582 g/mol. The number of hydrogen-bond donors (Lipinski definition) is 4. The lowest BCUT2D eigenvalue weighted by Gasteiger charge is -2.21. The Kier molecular flexibility index (Phi) is 36.3. The van der Waals surface area contributed by atoms with Crippen molar-refractivity contribution in [3.63, 3.8) is 0 Å². The van der Waals surface area contributed by atoms with Gasteiger partial charge < -0.3 is 20.6 Å². The van der Waals surface area contributed by atoms with Crippen molar-refractivity contribution in [2.45, 2.75) is 218 Å². The summed E-state index contributed by atoms with van der Waals surface area (Å²) in [6.45, 7) is 4.12. The Morgan fingerprint density at radius 2 is 0.915 bits per heavy atom. The van der Waals surface area contributed by atoms with Crippen LogP contribution in [0.1, 0.15) is 200 Å². The number of carbonyl (C=O) groups is 1. The van der Waals surface area contributed by atoms with Gasteiger partial charge in [-0.3, -0.25) is 4.79 Å². The van der Waals surface area contributed by atoms with E-state index < -0.39 is 18.2 Å². The van der Waals surface area contributed by atoms with Crippen LogP contribution in [0.2, 0.25) is 0 Å². The molecule has 5 nitrogen and oxygen atoms in total. The van der Waals surface area contributed by atoms with Gasteiger partial charge in [-0.05, 0) is 38.5 Å². The molecule has 3 atom stereocenters. The second-order valence-corrected chi connectivity index (χ2v) is 13.9. The van der Waals surface area contributed by atoms with E-state index in [-0.39, 0.29) is 18.9 Å². The first kappa shape index (κ1) is 45.6. The molecule has 0 saturated heterocycles. The van der Waals surface area contributed by atoms with Gasteiger partial charge in [0, 0.05) is 0 Å². The molecule has 0 radical (unpaired) electrons. The molecule has 0 saturated carbocycles. The van der Waals surface area contributed by atoms with E-state index in [9.17, 15) is 20.1 Å². The van der Waals surface area contributed by atoms with Crippen molar-refractivity contribution in [2.24, 2.45) is 0 Å². The van der Waals surface area contributed by atoms with Crippen molar-refractivity contribution >= 4 is 5.91 Å². The van der Waals surface area contributed by atoms with E-state index in [4.69, 9.17) is 0 Å². The Bertz CT molecular complexity index is 734. The lowest BCUT2D eigenvalue weighted by molar-refractivity contribution is -0.124. The van der Waals surface area contributed by atoms with Crippen LogP contribution in [0.3, 0.4) is 0 Å². The molecule has 0 aromatic rings. The lowest BCUT2D eigenvalue weighted by Crippen LogP contribution is -2.45. The molecule has 0 aromatic heterocycles. The minimum absolute atomic E-state index is 0.00452. The van der Waals surface area contributed by atoms with Gasteiger partial charge in [0.05, 0.1) is 31.3 Å². The molecule has 0 rings (SSSR count). The molecule has 0 aliphatic rings. The molecule has 276 valence electrons. The SMILES string of the molecule is CCC/C=C/CC/C=C/CC/C=C/C(O)C(CO)NC(=O)CC(O)CCCCCCCCCCCCCCCCCCCCCCC. The fraction of sp³-hybridized carbons (Fsp3) is 0.833. The fourth-order valence-electron chi connectivity index (χ4n) is 6.03. The molecule has 0 aliphatic carbocycles. The van der Waals surface area contributed by atoms with E-state index in [0.717, 1.165) is 44.9 Å². The number of carbonyl (C=O) groups excluding carboxylic acids is 1. The summed E-state index contributed by atoms with van der Waals surface area (Å²) < 4.78 is 0. The standard InChI is InChI=1S/C42H79NO4/c1-3-5-7-9-11-13-15-16-17-18-19-20-21-22-23-24-26-27-29-31-33-35-39(45)37-42(47)43-40(38-44)41(46)36-34-32-30-28-25-14-12-10-8-6-4-2/h8,10,25,28,34,36,39-41,44-46H,3-7,9,11-24,26-27,29-33,35,37-38H2,1-2H3,(H,43,47)/b10-8+,28-25+,36-34+. The summed E-state index contributed by atoms with van der Waals surface area (Å²) in [5.74, 6) is -0.330. The average Bonchev–Trinajstić information content (AvgIpc) is 3.06. The molecule has 4 N–H and O–H groups in total. The number of aliphatic hydroxyl groups is 3. The largest absolute Gasteiger partial charge is 0.394 e. The maximum atomic E-state index is 12.4. The maximum Gasteiger partial charge on any atom is 0.222 e. The van der Waals surface area contributed by atoms with Gasteiger partial charge in [0.25, 0.3) is 0 Å². The van der Waals surface area contributed by atoms with Crippen molar-refractivity contribution in [3.8, 4) is 0 Å². The van der Waals surface area contributed by atoms with E-state index in [1.54, 1.807) is 6.08 Å². The van der Waals surface area contributed by atoms with E-state index in [2.05, 4.69) is 43.5 Å². The summed E-state index contributed by atoms with van der Waals surface area (Å²) in [5.41, 5.74) is 0. The van der Waals surface area contributed by atoms with E-state index in [1.165, 1.54) is 128 Å². The first-order valence-corrected chi connectivity index (χ1v) is 20.3. The molecule has 47 heavy (non-hydrogen) atoms. The number of nitrogens with one attached hydrogen (secondary N) is 1. The molecule has 0 aliphatic heterocycles. The molecule has 1 amide bonds. The van der Waals surface area contributed by atoms with Crippen molar-refractivity contribution in [1.29, 1.82) is 0 Å². The number of amides is 1. The lowest BCUT2D eigenvalue weighted by atomic mass is 10.0. The van der Waals surface area contributed by atoms with Gasteiger partial charge in [-0.15, -0.1) is 0 Å². The van der Waals surface area contributed by atoms with Crippen LogP contribution in [-0.4, -0.2) is 46.1 Å². The van der Waals surface area contributed by atoms with Crippen LogP contribution < -0.4 is 5.32 Å². The van der Waals surface area contributed by atoms with Crippen LogP contribution in [-0.2, 0) is 4.79 Å². The Morgan fingerprint density at radius 1 is 0.532 bits per heavy atom. The van der Waals surface area contributed by atoms with Crippen LogP contribution in [0, 0.1) is 0 Å². The van der Waals surface area contributed by atoms with Gasteiger partial charge in [-0.2, -0.15) is 0 Å². The fourth-order valence-corrected chi connectivity index (χ4v) is 6.03. The van der Waals surface area contributed by atoms with E-state index >= 15 is 0 Å². The second-order valence-electron chi connectivity index (χ2n) is 13.9. The molecule has 0 fully saturated rings. The number of rotatable bonds is 36. The Labute approximate surface area is 292 Å². The van der Waals surface area contributed by atoms with Gasteiger partial charge in [0.2, 0.25) is 5.91 Å². The van der Waals surface area contributed by atoms with Gasteiger partial charge in [-0.25, -0.2) is 0 Å². The highest BCUT2D eigenvalue weighted by molar-refractivity contribution is 5.76. The summed E-state index contributed by atoms with van der Waals surface area (Å²) in [5, 5.41) is 33.0. The third-order valence-electron chi connectivity index (χ3n) is 9.14. The minimum Gasteiger partial charge on any atom is -0.394 e. The van der Waals surface area contributed by atoms with Crippen LogP contribution >= 0.6 is 0 Å². The average molecular weight is 662 g/mol. The predicted octanol–water partition coefficient (Wildman–Crippen LogP) is 11.2. The van der Waals surface area contributed by atoms with Crippen molar-refractivity contribution in [1.82, 2.24) is 5.32 Å². The first-order chi connectivity index (χ1) is 23.0. The zero-order valence-electron chi connectivity index (χ0n) is 31.2. The van der Waals surface area contributed by atoms with Crippen LogP contribution in [0.25, 0.3) is 0 Å². The summed E-state index contributed by atoms with van der Waals surface area (Å²) >= 11 is 0. The minimum atomic E-state index is -0.955. The molecule has 3 unspecified atom stereocenters. The zero-order chi connectivity index (χ0) is 34.5. The Morgan fingerprint density at radius 3 is 1.32 bits per heavy atom. The molecule has 5 heteroatoms. The Balaban J connectivity index is 3.64. The summed E-state index contributed by atoms with van der Waals surface area (Å²) in [6, 6.07) is -0.763. The molecule has 0 heterocycles. The maximum absolute atomic E-state index is 12.4. The van der Waals surface area contributed by atoms with E-state index in [0.29, 0.717) is 6.42 Å². The zero-order valence-corrected chi connectivity index (χ0v) is 31.2. The molecule has 0 bridgehead atoms. The molecule has 0 spiro atoms. The van der Waals surface area contributed by atoms with Crippen LogP contribution in [0.5, 0.6) is 0 Å². The third-order valence-corrected chi connectivity index (χ3v) is 9.14. The topological polar surface area (TPSA) is 89.8 Å². The first-order valence-electron chi connectivity index (χ1n) is 20.3. The summed E-state index contributed by atoms with van der Waals surface area (Å²) in [6.07, 6.45) is 45.7. The quantitative estimate of drug-likeness (QED) is 0.0397. The highest BCUT2D eigenvalue weighted by atomic mass is 16.3. The highest BCUT2D eigenvalue weighted by Gasteiger charge is 2.20. The van der Waals surface area contributed by atoms with Crippen molar-refractivity contribution < 1.29 is 20.1 Å². The molecular formula is C42H79NO4. The number of allylic oxidation sites excluding steroid dienone is 5. The van der Waals surface area contributed by atoms with Crippen molar-refractivity contribution in [2.75, 3.05) is 6.61 Å². The highest BCUT2D eigenvalue weighted by Crippen LogP contribution is 2.16. The van der Waals surface area contributed by atoms with Gasteiger partial charge in [0.1, 0.15) is 0 Å². The summed E-state index contributed by atoms with van der Waals surface area (Å²) in [4.78, 5) is 12.4. The van der Waals surface area contributed by atoms with Crippen LogP contribution in [0.4, 0.5) is 0 Å². The normalized spacial score (nSPS) is 14.1. The smallest absolute Gasteiger partial charge is 0.222 e. The third kappa shape index (κ3) is 34.2. The van der Waals surface area contributed by atoms with E-state index in [1.807, 2.05) is 6.08 Å². The number of aliphatic hydroxyl groups excluding tert-OH is 3. The summed E-state index contributed by atoms with van der Waals surface area (Å²) in [7, 11) is 0. The number of hydrogen-bond acceptors (Lipinski definition) is 4. The Hall–Kier alpha value is -1.43. The van der Waals surface area contributed by atoms with Gasteiger partial charge in [-0.1, -0.05) is 192 Å². The number of unbranched alkanes of at least 4 members (excludes halogenated alkanes) is 23. The van der Waals surface area contributed by atoms with Crippen molar-refractivity contribution in [3.05, 3.63) is 36.5 Å². The van der Waals surface area contributed by atoms with Gasteiger partial charge in [0.15, 0.2) is 0 Å². The van der Waals surface area contributed by atoms with Crippen LogP contribution in [0.15, 0.2) is 36.5 Å².